The van der Waals surface area contributed by atoms with Crippen molar-refractivity contribution in [2.75, 3.05) is 12.0 Å². The third kappa shape index (κ3) is 1.08. The molecule has 1 radical (unpaired) electrons. The van der Waals surface area contributed by atoms with Gasteiger partial charge in [0.2, 0.25) is 0 Å². The first-order chi connectivity index (χ1) is 5.70. The Balaban J connectivity index is 2.52. The van der Waals surface area contributed by atoms with Crippen molar-refractivity contribution in [3.05, 3.63) is 29.8 Å². The number of nitrogens with one attached hydrogen (secondary N) is 2. The lowest BCUT2D eigenvalue weighted by molar-refractivity contribution is 0.406. The van der Waals surface area contributed by atoms with Crippen LogP contribution in [0.1, 0.15) is 19.4 Å². The second-order valence-electron chi connectivity index (χ2n) is 3.63. The molecule has 0 amide bonds. The summed E-state index contributed by atoms with van der Waals surface area (Å²) in [6.07, 6.45) is 0. The van der Waals surface area contributed by atoms with Gasteiger partial charge in [0.15, 0.2) is 0 Å². The van der Waals surface area contributed by atoms with E-state index in [4.69, 9.17) is 0 Å². The maximum atomic E-state index is 3.39. The molecule has 2 N–H and O–H groups in total. The van der Waals surface area contributed by atoms with Crippen molar-refractivity contribution in [1.29, 1.82) is 0 Å². The highest BCUT2D eigenvalue weighted by Crippen LogP contribution is 2.29. The van der Waals surface area contributed by atoms with Gasteiger partial charge in [-0.15, -0.1) is 0 Å². The van der Waals surface area contributed by atoms with Crippen molar-refractivity contribution >= 4 is 5.69 Å². The monoisotopic (exact) mass is 161 g/mol. The van der Waals surface area contributed by atoms with Gasteiger partial charge in [-0.1, -0.05) is 12.1 Å². The molecule has 0 atom stereocenters. The molecule has 0 fully saturated rings. The number of hydrogen-bond acceptors (Lipinski definition) is 2. The molecule has 0 aromatic heterocycles. The average molecular weight is 161 g/mol. The molecular weight excluding hydrogens is 148 g/mol. The quantitative estimate of drug-likeness (QED) is 0.605. The molecule has 1 aliphatic heterocycles. The minimum Gasteiger partial charge on any atom is -0.372 e. The zero-order valence-electron chi connectivity index (χ0n) is 7.44. The maximum absolute atomic E-state index is 3.39. The molecule has 1 heterocycles. The molecular formula is C10H13N2. The van der Waals surface area contributed by atoms with Gasteiger partial charge < -0.3 is 5.32 Å². The fraction of sp³-hybridized carbons (Fsp3) is 0.400. The highest BCUT2D eigenvalue weighted by Gasteiger charge is 2.25. The van der Waals surface area contributed by atoms with E-state index < -0.39 is 0 Å². The van der Waals surface area contributed by atoms with Crippen LogP contribution in [0.15, 0.2) is 18.2 Å². The van der Waals surface area contributed by atoms with Crippen LogP contribution in [0, 0.1) is 6.07 Å². The van der Waals surface area contributed by atoms with Crippen LogP contribution in [0.4, 0.5) is 5.69 Å². The van der Waals surface area contributed by atoms with Gasteiger partial charge >= 0.3 is 0 Å². The summed E-state index contributed by atoms with van der Waals surface area (Å²) in [5.41, 5.74) is 2.59. The van der Waals surface area contributed by atoms with Crippen molar-refractivity contribution in [2.45, 2.75) is 19.4 Å². The maximum Gasteiger partial charge on any atom is 0.0659 e. The molecule has 0 aliphatic carbocycles. The smallest absolute Gasteiger partial charge is 0.0659 e. The van der Waals surface area contributed by atoms with E-state index in [0.29, 0.717) is 0 Å². The normalized spacial score (nSPS) is 19.5. The minimum absolute atomic E-state index is 0.0791. The summed E-state index contributed by atoms with van der Waals surface area (Å²) in [5, 5.41) is 6.67. The summed E-state index contributed by atoms with van der Waals surface area (Å²) < 4.78 is 0. The van der Waals surface area contributed by atoms with Crippen LogP contribution in [0.25, 0.3) is 0 Å². The van der Waals surface area contributed by atoms with E-state index in [1.54, 1.807) is 0 Å². The van der Waals surface area contributed by atoms with Crippen LogP contribution in [0.5, 0.6) is 0 Å². The van der Waals surface area contributed by atoms with Crippen molar-refractivity contribution in [3.8, 4) is 0 Å². The first-order valence-corrected chi connectivity index (χ1v) is 4.20. The molecule has 63 valence electrons. The molecule has 0 bridgehead atoms. The fourth-order valence-corrected chi connectivity index (χ4v) is 1.58. The Morgan fingerprint density at radius 1 is 1.50 bits per heavy atom. The summed E-state index contributed by atoms with van der Waals surface area (Å²) in [7, 11) is 0. The Bertz CT molecular complexity index is 292. The van der Waals surface area contributed by atoms with Crippen LogP contribution in [0.3, 0.4) is 0 Å². The average Bonchev–Trinajstić information content (AvgIpc) is 2.04. The van der Waals surface area contributed by atoms with Crippen LogP contribution in [-0.2, 0) is 5.54 Å². The zero-order chi connectivity index (χ0) is 8.60. The first-order valence-electron chi connectivity index (χ1n) is 4.20. The van der Waals surface area contributed by atoms with E-state index in [-0.39, 0.29) is 5.54 Å². The van der Waals surface area contributed by atoms with Crippen molar-refractivity contribution in [3.63, 3.8) is 0 Å². The molecule has 1 aromatic carbocycles. The number of benzene rings is 1. The Labute approximate surface area is 73.0 Å². The van der Waals surface area contributed by atoms with Gasteiger partial charge in [-0.25, -0.2) is 0 Å². The second kappa shape index (κ2) is 2.49. The topological polar surface area (TPSA) is 24.1 Å². The van der Waals surface area contributed by atoms with Gasteiger partial charge in [0.05, 0.1) is 6.67 Å². The molecule has 0 spiro atoms. The zero-order valence-corrected chi connectivity index (χ0v) is 7.44. The summed E-state index contributed by atoms with van der Waals surface area (Å²) >= 11 is 0. The van der Waals surface area contributed by atoms with Crippen molar-refractivity contribution in [2.24, 2.45) is 0 Å². The van der Waals surface area contributed by atoms with Crippen LogP contribution >= 0.6 is 0 Å². The highest BCUT2D eigenvalue weighted by molar-refractivity contribution is 5.55. The third-order valence-electron chi connectivity index (χ3n) is 2.35. The van der Waals surface area contributed by atoms with Crippen LogP contribution < -0.4 is 10.6 Å². The standard InChI is InChI=1S/C10H13N2/c1-10(2)8-5-3-4-6-9(8)11-7-12-10/h3,5-6,11-12H,7H2,1-2H3. The molecule has 12 heavy (non-hydrogen) atoms. The molecule has 0 saturated heterocycles. The molecule has 2 heteroatoms. The van der Waals surface area contributed by atoms with Gasteiger partial charge in [-0.3, -0.25) is 5.32 Å². The number of hydrogen-bond donors (Lipinski definition) is 2. The lowest BCUT2D eigenvalue weighted by atomic mass is 9.91. The van der Waals surface area contributed by atoms with E-state index in [0.717, 1.165) is 6.67 Å². The van der Waals surface area contributed by atoms with E-state index in [2.05, 4.69) is 36.6 Å². The second-order valence-corrected chi connectivity index (χ2v) is 3.63. The summed E-state index contributed by atoms with van der Waals surface area (Å²) in [5.74, 6) is 0. The summed E-state index contributed by atoms with van der Waals surface area (Å²) in [6, 6.07) is 9.13. The lowest BCUT2D eigenvalue weighted by Gasteiger charge is -2.34. The van der Waals surface area contributed by atoms with E-state index in [9.17, 15) is 0 Å². The minimum atomic E-state index is 0.0791. The number of anilines is 1. The summed E-state index contributed by atoms with van der Waals surface area (Å²) in [6.45, 7) is 5.21. The Morgan fingerprint density at radius 3 is 3.08 bits per heavy atom. The Hall–Kier alpha value is -1.02. The van der Waals surface area contributed by atoms with Crippen LogP contribution in [-0.4, -0.2) is 6.67 Å². The van der Waals surface area contributed by atoms with Gasteiger partial charge in [0.25, 0.3) is 0 Å². The van der Waals surface area contributed by atoms with Gasteiger partial charge in [0, 0.05) is 11.2 Å². The van der Waals surface area contributed by atoms with E-state index in [1.807, 2.05) is 12.1 Å². The number of fused-ring (bicyclic) bond motifs is 1. The Morgan fingerprint density at radius 2 is 2.33 bits per heavy atom. The molecule has 2 rings (SSSR count). The number of rotatable bonds is 0. The van der Waals surface area contributed by atoms with Crippen LogP contribution in [0.2, 0.25) is 0 Å². The summed E-state index contributed by atoms with van der Waals surface area (Å²) in [4.78, 5) is 0. The fourth-order valence-electron chi connectivity index (χ4n) is 1.58. The van der Waals surface area contributed by atoms with Gasteiger partial charge in [-0.05, 0) is 31.5 Å². The van der Waals surface area contributed by atoms with E-state index >= 15 is 0 Å². The largest absolute Gasteiger partial charge is 0.372 e. The van der Waals surface area contributed by atoms with Crippen molar-refractivity contribution < 1.29 is 0 Å². The molecule has 1 aliphatic rings. The predicted octanol–water partition coefficient (Wildman–Crippen LogP) is 1.69. The molecule has 0 saturated carbocycles. The third-order valence-corrected chi connectivity index (χ3v) is 2.35. The van der Waals surface area contributed by atoms with Gasteiger partial charge in [0.1, 0.15) is 0 Å². The van der Waals surface area contributed by atoms with E-state index in [1.165, 1.54) is 11.3 Å². The highest BCUT2D eigenvalue weighted by atomic mass is 15.1. The molecule has 2 nitrogen and oxygen atoms in total. The molecule has 0 unspecified atom stereocenters. The van der Waals surface area contributed by atoms with Crippen molar-refractivity contribution in [1.82, 2.24) is 5.32 Å². The van der Waals surface area contributed by atoms with Gasteiger partial charge in [-0.2, -0.15) is 0 Å². The Kier molecular flexibility index (Phi) is 1.58. The lowest BCUT2D eigenvalue weighted by Crippen LogP contribution is -2.44. The predicted molar refractivity (Wildman–Crippen MR) is 49.9 cm³/mol. The molecule has 1 aromatic rings. The first kappa shape index (κ1) is 7.62. The SMILES string of the molecule is CC1(C)NCNc2c[c]ccc21.